The van der Waals surface area contributed by atoms with E-state index in [9.17, 15) is 14.4 Å². The fourth-order valence-corrected chi connectivity index (χ4v) is 2.76. The molecule has 0 aliphatic heterocycles. The lowest BCUT2D eigenvalue weighted by Crippen LogP contribution is -2.52. The zero-order chi connectivity index (χ0) is 21.1. The number of benzene rings is 1. The summed E-state index contributed by atoms with van der Waals surface area (Å²) >= 11 is 3.18. The molecule has 0 fully saturated rings. The number of hydrogen-bond acceptors (Lipinski definition) is 5. The number of alkyl carbamates (subject to hydrolysis) is 1. The summed E-state index contributed by atoms with van der Waals surface area (Å²) in [7, 11) is 1.24. The number of ether oxygens (including phenoxy) is 2. The highest BCUT2D eigenvalue weighted by molar-refractivity contribution is 9.11. The van der Waals surface area contributed by atoms with Crippen LogP contribution in [0.4, 0.5) is 4.79 Å². The van der Waals surface area contributed by atoms with Gasteiger partial charge in [-0.05, 0) is 22.4 Å². The lowest BCUT2D eigenvalue weighted by Gasteiger charge is -2.23. The van der Waals surface area contributed by atoms with Crippen LogP contribution in [0.25, 0.3) is 0 Å². The van der Waals surface area contributed by atoms with Gasteiger partial charge in [0.2, 0.25) is 5.91 Å². The number of amides is 2. The molecule has 8 heteroatoms. The summed E-state index contributed by atoms with van der Waals surface area (Å²) < 4.78 is 10.4. The van der Waals surface area contributed by atoms with Crippen LogP contribution < -0.4 is 10.6 Å². The van der Waals surface area contributed by atoms with Crippen molar-refractivity contribution >= 4 is 33.9 Å². The summed E-state index contributed by atoms with van der Waals surface area (Å²) in [6.07, 6.45) is -0.148. The Labute approximate surface area is 174 Å². The molecule has 7 nitrogen and oxygen atoms in total. The topological polar surface area (TPSA) is 93.7 Å². The Hall–Kier alpha value is -2.35. The molecule has 0 unspecified atom stereocenters. The Kier molecular flexibility index (Phi) is 10.3. The van der Waals surface area contributed by atoms with E-state index in [4.69, 9.17) is 9.47 Å². The first-order valence-electron chi connectivity index (χ1n) is 8.91. The molecule has 0 saturated carbocycles. The highest BCUT2D eigenvalue weighted by atomic mass is 79.9. The van der Waals surface area contributed by atoms with E-state index in [0.29, 0.717) is 10.9 Å². The molecule has 0 spiro atoms. The van der Waals surface area contributed by atoms with Gasteiger partial charge in [0.1, 0.15) is 18.7 Å². The van der Waals surface area contributed by atoms with E-state index >= 15 is 0 Å². The minimum Gasteiger partial charge on any atom is -0.467 e. The van der Waals surface area contributed by atoms with E-state index in [2.05, 4.69) is 33.1 Å². The van der Waals surface area contributed by atoms with Crippen LogP contribution in [0.5, 0.6) is 0 Å². The molecule has 1 aromatic carbocycles. The predicted octanol–water partition coefficient (Wildman–Crippen LogP) is 3.28. The third-order valence-corrected chi connectivity index (χ3v) is 4.08. The van der Waals surface area contributed by atoms with Crippen LogP contribution in [-0.2, 0) is 25.7 Å². The number of rotatable bonds is 10. The summed E-state index contributed by atoms with van der Waals surface area (Å²) in [5.41, 5.74) is 0.837. The quantitative estimate of drug-likeness (QED) is 0.529. The van der Waals surface area contributed by atoms with E-state index in [-0.39, 0.29) is 18.9 Å². The van der Waals surface area contributed by atoms with Crippen molar-refractivity contribution in [3.05, 3.63) is 47.0 Å². The van der Waals surface area contributed by atoms with E-state index in [1.165, 1.54) is 7.11 Å². The molecule has 2 N–H and O–H groups in total. The van der Waals surface area contributed by atoms with Gasteiger partial charge in [-0.3, -0.25) is 4.79 Å². The van der Waals surface area contributed by atoms with E-state index in [1.807, 2.05) is 44.2 Å². The van der Waals surface area contributed by atoms with E-state index in [0.717, 1.165) is 5.56 Å². The fourth-order valence-electron chi connectivity index (χ4n) is 2.44. The van der Waals surface area contributed by atoms with Gasteiger partial charge in [0.05, 0.1) is 7.11 Å². The molecule has 0 radical (unpaired) electrons. The highest BCUT2D eigenvalue weighted by Gasteiger charge is 2.28. The highest BCUT2D eigenvalue weighted by Crippen LogP contribution is 2.12. The second-order valence-electron chi connectivity index (χ2n) is 6.69. The first-order valence-corrected chi connectivity index (χ1v) is 9.71. The average molecular weight is 455 g/mol. The normalized spacial score (nSPS) is 12.6. The SMILES string of the molecule is C=C(Br)C[C@H](NC(=O)[C@H](CC(C)C)NC(=O)OCc1ccccc1)C(=O)OC. The standard InChI is InChI=1S/C20H27BrN2O5/c1-13(2)10-16(18(24)22-17(11-14(3)21)19(25)27-4)23-20(26)28-12-15-8-6-5-7-9-15/h5-9,13,16-17H,3,10-12H2,1-2,4H3,(H,22,24)(H,23,26)/t16-,17-/m0/s1. The predicted molar refractivity (Wildman–Crippen MR) is 110 cm³/mol. The van der Waals surface area contributed by atoms with E-state index < -0.39 is 30.1 Å². The monoisotopic (exact) mass is 454 g/mol. The second-order valence-corrected chi connectivity index (χ2v) is 7.82. The summed E-state index contributed by atoms with van der Waals surface area (Å²) in [5, 5.41) is 5.18. The van der Waals surface area contributed by atoms with Crippen molar-refractivity contribution in [3.8, 4) is 0 Å². The number of nitrogens with one attached hydrogen (secondary N) is 2. The minimum atomic E-state index is -0.902. The fraction of sp³-hybridized carbons (Fsp3) is 0.450. The number of halogens is 1. The second kappa shape index (κ2) is 12.2. The number of methoxy groups -OCH3 is 1. The zero-order valence-corrected chi connectivity index (χ0v) is 18.0. The molecule has 1 rings (SSSR count). The van der Waals surface area contributed by atoms with Crippen LogP contribution in [0.2, 0.25) is 0 Å². The summed E-state index contributed by atoms with van der Waals surface area (Å²) in [6.45, 7) is 7.63. The van der Waals surface area contributed by atoms with Crippen molar-refractivity contribution in [2.45, 2.75) is 45.4 Å². The maximum Gasteiger partial charge on any atom is 0.408 e. The third-order valence-electron chi connectivity index (χ3n) is 3.76. The number of carbonyl (C=O) groups is 3. The molecular weight excluding hydrogens is 428 g/mol. The van der Waals surface area contributed by atoms with Crippen LogP contribution in [0.3, 0.4) is 0 Å². The summed E-state index contributed by atoms with van der Waals surface area (Å²) in [5.74, 6) is -0.952. The smallest absolute Gasteiger partial charge is 0.408 e. The van der Waals surface area contributed by atoms with Crippen molar-refractivity contribution in [1.29, 1.82) is 0 Å². The molecule has 0 aliphatic carbocycles. The van der Waals surface area contributed by atoms with Gasteiger partial charge in [-0.25, -0.2) is 9.59 Å². The average Bonchev–Trinajstić information content (AvgIpc) is 2.64. The lowest BCUT2D eigenvalue weighted by molar-refractivity contribution is -0.145. The Balaban J connectivity index is 2.73. The minimum absolute atomic E-state index is 0.0941. The molecule has 2 atom stereocenters. The van der Waals surface area contributed by atoms with Crippen LogP contribution in [0.1, 0.15) is 32.3 Å². The Morgan fingerprint density at radius 3 is 2.29 bits per heavy atom. The van der Waals surface area contributed by atoms with Crippen molar-refractivity contribution in [2.24, 2.45) is 5.92 Å². The largest absolute Gasteiger partial charge is 0.467 e. The van der Waals surface area contributed by atoms with Gasteiger partial charge in [-0.2, -0.15) is 0 Å². The zero-order valence-electron chi connectivity index (χ0n) is 16.4. The number of carbonyl (C=O) groups excluding carboxylic acids is 3. The Morgan fingerprint density at radius 2 is 1.75 bits per heavy atom. The van der Waals surface area contributed by atoms with Crippen LogP contribution in [0.15, 0.2) is 41.4 Å². The summed E-state index contributed by atoms with van der Waals surface area (Å²) in [4.78, 5) is 36.7. The van der Waals surface area contributed by atoms with Crippen molar-refractivity contribution in [2.75, 3.05) is 7.11 Å². The Morgan fingerprint density at radius 1 is 1.11 bits per heavy atom. The maximum atomic E-state index is 12.7. The molecule has 0 saturated heterocycles. The molecule has 154 valence electrons. The number of hydrogen-bond donors (Lipinski definition) is 2. The van der Waals surface area contributed by atoms with Crippen LogP contribution in [-0.4, -0.2) is 37.2 Å². The number of esters is 1. The molecule has 0 heterocycles. The van der Waals surface area contributed by atoms with Gasteiger partial charge in [0, 0.05) is 6.42 Å². The maximum absolute atomic E-state index is 12.7. The molecule has 1 aromatic rings. The van der Waals surface area contributed by atoms with E-state index in [1.54, 1.807) is 0 Å². The molecular formula is C20H27BrN2O5. The first-order chi connectivity index (χ1) is 13.2. The molecule has 28 heavy (non-hydrogen) atoms. The van der Waals surface area contributed by atoms with Gasteiger partial charge in [0.25, 0.3) is 0 Å². The molecule has 0 aromatic heterocycles. The first kappa shape index (κ1) is 23.7. The van der Waals surface area contributed by atoms with Gasteiger partial charge >= 0.3 is 12.1 Å². The van der Waals surface area contributed by atoms with Crippen molar-refractivity contribution < 1.29 is 23.9 Å². The van der Waals surface area contributed by atoms with Gasteiger partial charge in [0.15, 0.2) is 0 Å². The van der Waals surface area contributed by atoms with Crippen molar-refractivity contribution in [3.63, 3.8) is 0 Å². The van der Waals surface area contributed by atoms with Crippen LogP contribution in [0, 0.1) is 5.92 Å². The molecule has 0 bridgehead atoms. The summed E-state index contributed by atoms with van der Waals surface area (Å²) in [6, 6.07) is 7.47. The Bertz CT molecular complexity index is 678. The molecule has 2 amide bonds. The third kappa shape index (κ3) is 9.03. The van der Waals surface area contributed by atoms with Crippen molar-refractivity contribution in [1.82, 2.24) is 10.6 Å². The lowest BCUT2D eigenvalue weighted by atomic mass is 10.0. The molecule has 0 aliphatic rings. The van der Waals surface area contributed by atoms with Gasteiger partial charge < -0.3 is 20.1 Å². The van der Waals surface area contributed by atoms with Gasteiger partial charge in [-0.1, -0.05) is 66.7 Å². The van der Waals surface area contributed by atoms with Crippen LogP contribution >= 0.6 is 15.9 Å². The van der Waals surface area contributed by atoms with Gasteiger partial charge in [-0.15, -0.1) is 0 Å².